The molecule has 2 aromatic carbocycles. The van der Waals surface area contributed by atoms with Crippen molar-refractivity contribution in [3.8, 4) is 0 Å². The van der Waals surface area contributed by atoms with E-state index in [1.807, 2.05) is 44.2 Å². The fourth-order valence-corrected chi connectivity index (χ4v) is 5.51. The molecule has 1 aliphatic carbocycles. The lowest BCUT2D eigenvalue weighted by Gasteiger charge is -2.43. The summed E-state index contributed by atoms with van der Waals surface area (Å²) < 4.78 is 58.0. The minimum atomic E-state index is -1.25. The van der Waals surface area contributed by atoms with Crippen LogP contribution in [0.2, 0.25) is 0 Å². The van der Waals surface area contributed by atoms with Crippen LogP contribution in [-0.2, 0) is 41.7 Å². The second-order valence-electron chi connectivity index (χ2n) is 10.8. The Balaban J connectivity index is 1.38. The quantitative estimate of drug-likeness (QED) is 0.517. The summed E-state index contributed by atoms with van der Waals surface area (Å²) in [6.45, 7) is 4.98. The number of ether oxygens (including phenoxy) is 5. The van der Waals surface area contributed by atoms with Crippen LogP contribution in [0, 0.1) is 11.6 Å². The summed E-state index contributed by atoms with van der Waals surface area (Å²) in [7, 11) is 0. The lowest BCUT2D eigenvalue weighted by Crippen LogP contribution is -2.60. The number of fused-ring (bicyclic) bond motifs is 1. The van der Waals surface area contributed by atoms with Crippen molar-refractivity contribution in [3.05, 3.63) is 71.3 Å². The van der Waals surface area contributed by atoms with Gasteiger partial charge in [0.2, 0.25) is 0 Å². The first kappa shape index (κ1) is 27.1. The van der Waals surface area contributed by atoms with E-state index < -0.39 is 41.3 Å². The van der Waals surface area contributed by atoms with E-state index in [0.717, 1.165) is 30.5 Å². The predicted octanol–water partition coefficient (Wildman–Crippen LogP) is 4.41. The molecule has 2 heterocycles. The molecule has 2 aromatic rings. The van der Waals surface area contributed by atoms with Crippen molar-refractivity contribution in [3.63, 3.8) is 0 Å². The molecule has 206 valence electrons. The molecule has 0 unspecified atom stereocenters. The van der Waals surface area contributed by atoms with Crippen LogP contribution >= 0.6 is 0 Å². The second-order valence-corrected chi connectivity index (χ2v) is 10.8. The minimum absolute atomic E-state index is 0.0151. The second kappa shape index (κ2) is 11.4. The highest BCUT2D eigenvalue weighted by molar-refractivity contribution is 5.85. The summed E-state index contributed by atoms with van der Waals surface area (Å²) in [4.78, 5) is 13.8. The lowest BCUT2D eigenvalue weighted by molar-refractivity contribution is -0.183. The molecule has 1 amide bonds. The molecule has 1 N–H and O–H groups in total. The third-order valence-electron chi connectivity index (χ3n) is 7.38. The van der Waals surface area contributed by atoms with Crippen molar-refractivity contribution in [1.82, 2.24) is 5.32 Å². The summed E-state index contributed by atoms with van der Waals surface area (Å²) >= 11 is 0. The molecule has 1 saturated carbocycles. The van der Waals surface area contributed by atoms with Gasteiger partial charge in [-0.1, -0.05) is 36.4 Å². The summed E-state index contributed by atoms with van der Waals surface area (Å²) in [6, 6.07) is 13.3. The Kier molecular flexibility index (Phi) is 8.11. The number of halogens is 2. The van der Waals surface area contributed by atoms with Gasteiger partial charge in [-0.2, -0.15) is 0 Å². The van der Waals surface area contributed by atoms with E-state index in [-0.39, 0.29) is 38.1 Å². The Morgan fingerprint density at radius 2 is 1.84 bits per heavy atom. The van der Waals surface area contributed by atoms with Gasteiger partial charge in [0, 0.05) is 26.0 Å². The van der Waals surface area contributed by atoms with Crippen molar-refractivity contribution in [2.24, 2.45) is 0 Å². The number of amides is 1. The van der Waals surface area contributed by atoms with E-state index in [4.69, 9.17) is 23.7 Å². The Morgan fingerprint density at radius 1 is 1.03 bits per heavy atom. The van der Waals surface area contributed by atoms with Crippen LogP contribution in [0.25, 0.3) is 0 Å². The molecule has 0 aromatic heterocycles. The molecule has 0 bridgehead atoms. The Bertz CT molecular complexity index is 1110. The fraction of sp³-hybridized carbons (Fsp3) is 0.552. The summed E-state index contributed by atoms with van der Waals surface area (Å²) in [5, 5.41) is 3.05. The zero-order chi connectivity index (χ0) is 26.8. The van der Waals surface area contributed by atoms with Crippen LogP contribution in [0.3, 0.4) is 0 Å². The zero-order valence-electron chi connectivity index (χ0n) is 21.8. The Hall–Kier alpha value is -2.43. The minimum Gasteiger partial charge on any atom is -0.376 e. The van der Waals surface area contributed by atoms with Crippen LogP contribution in [0.1, 0.15) is 50.7 Å². The molecule has 9 heteroatoms. The van der Waals surface area contributed by atoms with Gasteiger partial charge in [-0.05, 0) is 49.9 Å². The summed E-state index contributed by atoms with van der Waals surface area (Å²) in [5.74, 6) is -2.99. The van der Waals surface area contributed by atoms with Gasteiger partial charge in [0.15, 0.2) is 23.0 Å². The maximum absolute atomic E-state index is 13.8. The number of hydrogen-bond donors (Lipinski definition) is 1. The monoisotopic (exact) mass is 531 g/mol. The van der Waals surface area contributed by atoms with Crippen molar-refractivity contribution >= 4 is 5.91 Å². The lowest BCUT2D eigenvalue weighted by atomic mass is 9.78. The van der Waals surface area contributed by atoms with Crippen LogP contribution < -0.4 is 5.32 Å². The average Bonchev–Trinajstić information content (AvgIpc) is 3.53. The van der Waals surface area contributed by atoms with Crippen LogP contribution in [0.5, 0.6) is 0 Å². The van der Waals surface area contributed by atoms with Gasteiger partial charge in [-0.3, -0.25) is 4.79 Å². The molecular weight excluding hydrogens is 496 g/mol. The topological polar surface area (TPSA) is 75.3 Å². The molecular formula is C29H35F2NO6. The molecule has 2 saturated heterocycles. The molecule has 38 heavy (non-hydrogen) atoms. The Labute approximate surface area is 221 Å². The SMILES string of the molecule is CC1(C)O[C@H]2[C@@H](OCc3ccc(F)c(F)c3)C[C@](OCc3ccccc3)(C(=O)NC[C@H]3CCCO3)C[C@H]2O1. The van der Waals surface area contributed by atoms with Crippen LogP contribution in [0.4, 0.5) is 8.78 Å². The van der Waals surface area contributed by atoms with Crippen molar-refractivity contribution < 1.29 is 37.3 Å². The van der Waals surface area contributed by atoms with Gasteiger partial charge in [-0.25, -0.2) is 8.78 Å². The smallest absolute Gasteiger partial charge is 0.252 e. The van der Waals surface area contributed by atoms with Gasteiger partial charge < -0.3 is 29.0 Å². The molecule has 5 rings (SSSR count). The molecule has 2 aliphatic heterocycles. The van der Waals surface area contributed by atoms with E-state index in [2.05, 4.69) is 5.32 Å². The molecule has 7 nitrogen and oxygen atoms in total. The van der Waals surface area contributed by atoms with E-state index in [0.29, 0.717) is 18.7 Å². The fourth-order valence-electron chi connectivity index (χ4n) is 5.51. The highest BCUT2D eigenvalue weighted by Crippen LogP contribution is 2.44. The third kappa shape index (κ3) is 6.24. The number of nitrogens with one attached hydrogen (secondary N) is 1. The predicted molar refractivity (Wildman–Crippen MR) is 134 cm³/mol. The standard InChI is InChI=1S/C29H35F2NO6/c1-28(2)37-25-15-29(36-18-19-7-4-3-5-8-19,27(33)32-16-21-9-6-12-34-21)14-24(26(25)38-28)35-17-20-10-11-22(30)23(31)13-20/h3-5,7-8,10-11,13,21,24-26H,6,9,12,14-18H2,1-2H3,(H,32,33)/t21-,24+,25-,26+,29-/m1/s1. The van der Waals surface area contributed by atoms with E-state index in [1.54, 1.807) is 0 Å². The summed E-state index contributed by atoms with van der Waals surface area (Å²) in [5.41, 5.74) is 0.157. The highest BCUT2D eigenvalue weighted by atomic mass is 19.2. The van der Waals surface area contributed by atoms with E-state index >= 15 is 0 Å². The molecule has 5 atom stereocenters. The largest absolute Gasteiger partial charge is 0.376 e. The number of benzene rings is 2. The molecule has 3 fully saturated rings. The van der Waals surface area contributed by atoms with Gasteiger partial charge >= 0.3 is 0 Å². The Morgan fingerprint density at radius 3 is 2.58 bits per heavy atom. The number of hydrogen-bond acceptors (Lipinski definition) is 6. The van der Waals surface area contributed by atoms with Crippen LogP contribution in [0.15, 0.2) is 48.5 Å². The maximum Gasteiger partial charge on any atom is 0.252 e. The maximum atomic E-state index is 13.8. The van der Waals surface area contributed by atoms with Gasteiger partial charge in [0.25, 0.3) is 5.91 Å². The molecule has 0 spiro atoms. The van der Waals surface area contributed by atoms with Crippen LogP contribution in [-0.4, -0.2) is 54.9 Å². The van der Waals surface area contributed by atoms with Crippen molar-refractivity contribution in [2.45, 2.75) is 88.5 Å². The number of carbonyl (C=O) groups is 1. The molecule has 0 radical (unpaired) electrons. The van der Waals surface area contributed by atoms with Crippen molar-refractivity contribution in [2.75, 3.05) is 13.2 Å². The zero-order valence-corrected chi connectivity index (χ0v) is 21.8. The van der Waals surface area contributed by atoms with Crippen molar-refractivity contribution in [1.29, 1.82) is 0 Å². The third-order valence-corrected chi connectivity index (χ3v) is 7.38. The van der Waals surface area contributed by atoms with E-state index in [1.165, 1.54) is 6.07 Å². The number of carbonyl (C=O) groups excluding carboxylic acids is 1. The first-order chi connectivity index (χ1) is 18.2. The van der Waals surface area contributed by atoms with Gasteiger partial charge in [-0.15, -0.1) is 0 Å². The van der Waals surface area contributed by atoms with E-state index in [9.17, 15) is 13.6 Å². The first-order valence-corrected chi connectivity index (χ1v) is 13.2. The highest BCUT2D eigenvalue weighted by Gasteiger charge is 2.58. The number of rotatable bonds is 9. The first-order valence-electron chi connectivity index (χ1n) is 13.2. The van der Waals surface area contributed by atoms with Gasteiger partial charge in [0.1, 0.15) is 6.10 Å². The van der Waals surface area contributed by atoms with Gasteiger partial charge in [0.05, 0.1) is 31.5 Å². The summed E-state index contributed by atoms with van der Waals surface area (Å²) in [6.07, 6.45) is 0.846. The normalized spacial score (nSPS) is 30.2. The average molecular weight is 532 g/mol. The molecule has 3 aliphatic rings.